The second-order valence-corrected chi connectivity index (χ2v) is 8.67. The van der Waals surface area contributed by atoms with Crippen LogP contribution in [0.5, 0.6) is 0 Å². The third kappa shape index (κ3) is 3.85. The van der Waals surface area contributed by atoms with Crippen molar-refractivity contribution in [2.24, 2.45) is 0 Å². The molecule has 1 N–H and O–H groups in total. The van der Waals surface area contributed by atoms with E-state index >= 15 is 0 Å². The van der Waals surface area contributed by atoms with E-state index in [-0.39, 0.29) is 10.1 Å². The molecule has 5 nitrogen and oxygen atoms in total. The molecule has 1 atom stereocenters. The number of thiophene rings is 1. The van der Waals surface area contributed by atoms with E-state index in [0.29, 0.717) is 18.7 Å². The van der Waals surface area contributed by atoms with Crippen molar-refractivity contribution < 1.29 is 13.2 Å². The molecule has 0 unspecified atom stereocenters. The number of carbonyl (C=O) groups excluding carboxylic acids is 1. The zero-order valence-corrected chi connectivity index (χ0v) is 14.9. The van der Waals surface area contributed by atoms with Gasteiger partial charge in [-0.15, -0.1) is 11.3 Å². The predicted octanol–water partition coefficient (Wildman–Crippen LogP) is 2.78. The fourth-order valence-corrected chi connectivity index (χ4v) is 5.02. The summed E-state index contributed by atoms with van der Waals surface area (Å²) in [5.74, 6) is -0.180. The van der Waals surface area contributed by atoms with Gasteiger partial charge in [-0.3, -0.25) is 4.79 Å². The molecule has 128 valence electrons. The topological polar surface area (TPSA) is 66.5 Å². The second kappa shape index (κ2) is 7.46. The summed E-state index contributed by atoms with van der Waals surface area (Å²) in [4.78, 5) is 14.7. The molecule has 1 aliphatic rings. The molecule has 0 radical (unpaired) electrons. The number of rotatable bonds is 5. The maximum Gasteiger partial charge on any atom is 0.251 e. The Morgan fingerprint density at radius 1 is 1.04 bits per heavy atom. The number of benzene rings is 1. The standard InChI is InChI=1S/C17H20N2O3S2/c20-17(19-11-5-2-6-12-19)16(14-8-3-1-4-9-14)18-24(21,22)15-10-7-13-23-15/h1,3-4,7-10,13,16,18H,2,5-6,11-12H2/t16-/m0/s1. The quantitative estimate of drug-likeness (QED) is 0.887. The monoisotopic (exact) mass is 364 g/mol. The van der Waals surface area contributed by atoms with Crippen LogP contribution in [0.3, 0.4) is 0 Å². The van der Waals surface area contributed by atoms with Gasteiger partial charge in [-0.05, 0) is 36.3 Å². The van der Waals surface area contributed by atoms with Crippen molar-refractivity contribution in [3.8, 4) is 0 Å². The minimum Gasteiger partial charge on any atom is -0.341 e. The molecule has 0 bridgehead atoms. The van der Waals surface area contributed by atoms with E-state index in [0.717, 1.165) is 30.6 Å². The summed E-state index contributed by atoms with van der Waals surface area (Å²) in [6.07, 6.45) is 3.04. The Labute approximate surface area is 146 Å². The Bertz CT molecular complexity index is 767. The van der Waals surface area contributed by atoms with Crippen LogP contribution in [0.4, 0.5) is 0 Å². The first-order valence-electron chi connectivity index (χ1n) is 7.97. The van der Waals surface area contributed by atoms with Crippen molar-refractivity contribution in [2.45, 2.75) is 29.5 Å². The average molecular weight is 364 g/mol. The molecule has 3 rings (SSSR count). The van der Waals surface area contributed by atoms with Crippen molar-refractivity contribution >= 4 is 27.3 Å². The first kappa shape index (κ1) is 17.1. The van der Waals surface area contributed by atoms with E-state index in [2.05, 4.69) is 4.72 Å². The summed E-state index contributed by atoms with van der Waals surface area (Å²) in [6, 6.07) is 11.4. The van der Waals surface area contributed by atoms with Gasteiger partial charge >= 0.3 is 0 Å². The lowest BCUT2D eigenvalue weighted by molar-refractivity contribution is -0.134. The third-order valence-electron chi connectivity index (χ3n) is 4.08. The van der Waals surface area contributed by atoms with E-state index in [1.807, 2.05) is 18.2 Å². The summed E-state index contributed by atoms with van der Waals surface area (Å²) in [5.41, 5.74) is 0.660. The van der Waals surface area contributed by atoms with Gasteiger partial charge in [0.25, 0.3) is 10.0 Å². The second-order valence-electron chi connectivity index (χ2n) is 5.78. The molecule has 1 aliphatic heterocycles. The normalized spacial score (nSPS) is 16.8. The Hall–Kier alpha value is -1.70. The smallest absolute Gasteiger partial charge is 0.251 e. The fourth-order valence-electron chi connectivity index (χ4n) is 2.83. The van der Waals surface area contributed by atoms with Gasteiger partial charge < -0.3 is 4.90 Å². The van der Waals surface area contributed by atoms with Crippen LogP contribution in [0.25, 0.3) is 0 Å². The third-order valence-corrected chi connectivity index (χ3v) is 6.90. The maximum absolute atomic E-state index is 12.9. The lowest BCUT2D eigenvalue weighted by Crippen LogP contribution is -2.44. The Balaban J connectivity index is 1.89. The first-order valence-corrected chi connectivity index (χ1v) is 10.3. The molecule has 1 fully saturated rings. The van der Waals surface area contributed by atoms with Crippen LogP contribution in [0.2, 0.25) is 0 Å². The highest BCUT2D eigenvalue weighted by atomic mass is 32.2. The maximum atomic E-state index is 12.9. The van der Waals surface area contributed by atoms with Crippen LogP contribution >= 0.6 is 11.3 Å². The zero-order valence-electron chi connectivity index (χ0n) is 13.2. The molecule has 1 aromatic heterocycles. The molecule has 1 saturated heterocycles. The average Bonchev–Trinajstić information content (AvgIpc) is 3.16. The number of hydrogen-bond donors (Lipinski definition) is 1. The Morgan fingerprint density at radius 2 is 1.75 bits per heavy atom. The van der Waals surface area contributed by atoms with E-state index in [4.69, 9.17) is 0 Å². The zero-order chi connectivity index (χ0) is 17.0. The number of sulfonamides is 1. The molecule has 1 amide bonds. The molecule has 24 heavy (non-hydrogen) atoms. The number of nitrogens with zero attached hydrogens (tertiary/aromatic N) is 1. The van der Waals surface area contributed by atoms with E-state index in [9.17, 15) is 13.2 Å². The largest absolute Gasteiger partial charge is 0.341 e. The molecule has 2 heterocycles. The number of carbonyl (C=O) groups is 1. The van der Waals surface area contributed by atoms with Crippen molar-refractivity contribution in [3.63, 3.8) is 0 Å². The number of hydrogen-bond acceptors (Lipinski definition) is 4. The first-order chi connectivity index (χ1) is 11.6. The van der Waals surface area contributed by atoms with Crippen molar-refractivity contribution in [3.05, 3.63) is 53.4 Å². The van der Waals surface area contributed by atoms with Crippen LogP contribution in [0.15, 0.2) is 52.1 Å². The predicted molar refractivity (Wildman–Crippen MR) is 94.3 cm³/mol. The van der Waals surface area contributed by atoms with Gasteiger partial charge in [-0.25, -0.2) is 8.42 Å². The van der Waals surface area contributed by atoms with Gasteiger partial charge in [0.1, 0.15) is 10.3 Å². The van der Waals surface area contributed by atoms with E-state index < -0.39 is 16.1 Å². The Morgan fingerprint density at radius 3 is 2.38 bits per heavy atom. The van der Waals surface area contributed by atoms with Crippen LogP contribution in [0, 0.1) is 0 Å². The van der Waals surface area contributed by atoms with Crippen LogP contribution in [0.1, 0.15) is 30.9 Å². The van der Waals surface area contributed by atoms with Crippen molar-refractivity contribution in [1.29, 1.82) is 0 Å². The molecule has 0 spiro atoms. The summed E-state index contributed by atoms with van der Waals surface area (Å²) in [6.45, 7) is 1.37. The highest BCUT2D eigenvalue weighted by molar-refractivity contribution is 7.91. The molecule has 7 heteroatoms. The van der Waals surface area contributed by atoms with Crippen molar-refractivity contribution in [2.75, 3.05) is 13.1 Å². The van der Waals surface area contributed by atoms with Gasteiger partial charge in [-0.1, -0.05) is 36.4 Å². The molecule has 0 saturated carbocycles. The van der Waals surface area contributed by atoms with E-state index in [1.165, 1.54) is 0 Å². The van der Waals surface area contributed by atoms with E-state index in [1.54, 1.807) is 34.5 Å². The summed E-state index contributed by atoms with van der Waals surface area (Å²) < 4.78 is 28.0. The lowest BCUT2D eigenvalue weighted by Gasteiger charge is -2.30. The molecule has 1 aromatic carbocycles. The van der Waals surface area contributed by atoms with Crippen LogP contribution in [-0.2, 0) is 14.8 Å². The SMILES string of the molecule is O=C([C@@H](NS(=O)(=O)c1cccs1)c1ccccc1)N1CCCCC1. The minimum absolute atomic E-state index is 0.180. The van der Waals surface area contributed by atoms with Gasteiger partial charge in [0.05, 0.1) is 0 Å². The lowest BCUT2D eigenvalue weighted by atomic mass is 10.0. The number of likely N-dealkylation sites (tertiary alicyclic amines) is 1. The molecular formula is C17H20N2O3S2. The highest BCUT2D eigenvalue weighted by Crippen LogP contribution is 2.23. The van der Waals surface area contributed by atoms with Crippen molar-refractivity contribution in [1.82, 2.24) is 9.62 Å². The fraction of sp³-hybridized carbons (Fsp3) is 0.353. The summed E-state index contributed by atoms with van der Waals surface area (Å²) in [5, 5.41) is 1.71. The van der Waals surface area contributed by atoms with Gasteiger partial charge in [-0.2, -0.15) is 4.72 Å². The number of nitrogens with one attached hydrogen (secondary N) is 1. The van der Waals surface area contributed by atoms with Crippen LogP contribution < -0.4 is 4.72 Å². The minimum atomic E-state index is -3.73. The number of piperidine rings is 1. The molecular weight excluding hydrogens is 344 g/mol. The summed E-state index contributed by atoms with van der Waals surface area (Å²) in [7, 11) is -3.73. The van der Waals surface area contributed by atoms with Gasteiger partial charge in [0.15, 0.2) is 0 Å². The van der Waals surface area contributed by atoms with Crippen LogP contribution in [-0.4, -0.2) is 32.3 Å². The van der Waals surface area contributed by atoms with Gasteiger partial charge in [0.2, 0.25) is 5.91 Å². The molecule has 2 aromatic rings. The number of amides is 1. The summed E-state index contributed by atoms with van der Waals surface area (Å²) >= 11 is 1.14. The Kier molecular flexibility index (Phi) is 5.33. The molecule has 0 aliphatic carbocycles. The highest BCUT2D eigenvalue weighted by Gasteiger charge is 2.31. The van der Waals surface area contributed by atoms with Gasteiger partial charge in [0, 0.05) is 13.1 Å².